The maximum atomic E-state index is 13.1. The molecule has 0 fully saturated rings. The van der Waals surface area contributed by atoms with E-state index in [2.05, 4.69) is 4.74 Å². The number of anilines is 1. The molecule has 0 aliphatic heterocycles. The zero-order valence-corrected chi connectivity index (χ0v) is 18.5. The number of hydrogen-bond donors (Lipinski definition) is 0. The van der Waals surface area contributed by atoms with E-state index < -0.39 is 28.2 Å². The lowest BCUT2D eigenvalue weighted by atomic mass is 10.1. The van der Waals surface area contributed by atoms with Crippen LogP contribution in [0.15, 0.2) is 53.4 Å². The molecule has 2 rings (SSSR count). The fraction of sp³-hybridized carbons (Fsp3) is 0.300. The number of benzene rings is 2. The molecule has 0 radical (unpaired) electrons. The first-order valence-corrected chi connectivity index (χ1v) is 11.4. The summed E-state index contributed by atoms with van der Waals surface area (Å²) < 4.78 is 68.1. The largest absolute Gasteiger partial charge is 0.573 e. The topological polar surface area (TPSA) is 80.8 Å². The highest BCUT2D eigenvalue weighted by molar-refractivity contribution is 8.14. The minimum atomic E-state index is -4.88. The zero-order valence-electron chi connectivity index (χ0n) is 16.8. The van der Waals surface area contributed by atoms with E-state index in [0.717, 1.165) is 40.3 Å². The summed E-state index contributed by atoms with van der Waals surface area (Å²) in [6.07, 6.45) is -4.88. The van der Waals surface area contributed by atoms with Gasteiger partial charge in [0.2, 0.25) is 0 Å². The lowest BCUT2D eigenvalue weighted by Gasteiger charge is -2.28. The van der Waals surface area contributed by atoms with E-state index in [1.165, 1.54) is 31.2 Å². The Morgan fingerprint density at radius 3 is 2.03 bits per heavy atom. The van der Waals surface area contributed by atoms with Crippen molar-refractivity contribution < 1.29 is 35.9 Å². The van der Waals surface area contributed by atoms with Crippen molar-refractivity contribution in [2.75, 3.05) is 10.1 Å². The van der Waals surface area contributed by atoms with Gasteiger partial charge in [-0.2, -0.15) is 0 Å². The summed E-state index contributed by atoms with van der Waals surface area (Å²) in [5.74, 6) is -0.826. The van der Waals surface area contributed by atoms with Gasteiger partial charge in [0, 0.05) is 18.5 Å². The molecule has 0 heterocycles. The summed E-state index contributed by atoms with van der Waals surface area (Å²) in [7, 11) is -4.11. The number of Topliss-reactive ketones (excluding diaryl/α,β-unsaturated/α-hetero) is 1. The molecule has 0 atom stereocenters. The molecule has 2 aromatic rings. The molecule has 168 valence electrons. The standard InChI is InChI=1S/C20H20F3NO5S2/c1-13(2)24(16-6-4-15(5-7-16)19(26)12-30-14(3)25)31(27,28)18-10-8-17(9-11-18)29-20(21,22)23/h4-11,13H,12H2,1-3H3. The van der Waals surface area contributed by atoms with Crippen molar-refractivity contribution in [1.82, 2.24) is 0 Å². The molecule has 6 nitrogen and oxygen atoms in total. The van der Waals surface area contributed by atoms with Gasteiger partial charge in [-0.15, -0.1) is 13.2 Å². The van der Waals surface area contributed by atoms with Gasteiger partial charge in [0.05, 0.1) is 16.3 Å². The molecule has 0 spiro atoms. The Bertz CT molecular complexity index is 1030. The smallest absolute Gasteiger partial charge is 0.406 e. The number of carbonyl (C=O) groups is 2. The van der Waals surface area contributed by atoms with Crippen molar-refractivity contribution in [3.63, 3.8) is 0 Å². The van der Waals surface area contributed by atoms with Crippen LogP contribution in [0.4, 0.5) is 18.9 Å². The number of sulfonamides is 1. The summed E-state index contributed by atoms with van der Waals surface area (Å²) >= 11 is 0.880. The Kier molecular flexibility index (Phi) is 7.77. The van der Waals surface area contributed by atoms with Crippen molar-refractivity contribution in [2.24, 2.45) is 0 Å². The maximum Gasteiger partial charge on any atom is 0.573 e. The van der Waals surface area contributed by atoms with Gasteiger partial charge in [-0.1, -0.05) is 11.8 Å². The molecule has 0 N–H and O–H groups in total. The van der Waals surface area contributed by atoms with Crippen molar-refractivity contribution in [1.29, 1.82) is 0 Å². The molecule has 0 saturated carbocycles. The number of nitrogens with zero attached hydrogens (tertiary/aromatic N) is 1. The van der Waals surface area contributed by atoms with Gasteiger partial charge in [0.1, 0.15) is 5.75 Å². The fourth-order valence-electron chi connectivity index (χ4n) is 2.69. The number of alkyl halides is 3. The van der Waals surface area contributed by atoms with E-state index in [9.17, 15) is 31.2 Å². The third-order valence-corrected chi connectivity index (χ3v) is 6.76. The Hall–Kier alpha value is -2.53. The number of ketones is 1. The highest BCUT2D eigenvalue weighted by Crippen LogP contribution is 2.29. The molecule has 2 aromatic carbocycles. The lowest BCUT2D eigenvalue weighted by molar-refractivity contribution is -0.274. The van der Waals surface area contributed by atoms with Crippen LogP contribution < -0.4 is 9.04 Å². The average molecular weight is 476 g/mol. The third-order valence-electron chi connectivity index (χ3n) is 3.93. The van der Waals surface area contributed by atoms with E-state index in [1.54, 1.807) is 13.8 Å². The van der Waals surface area contributed by atoms with Gasteiger partial charge in [-0.3, -0.25) is 13.9 Å². The van der Waals surface area contributed by atoms with Crippen LogP contribution in [0.5, 0.6) is 5.75 Å². The fourth-order valence-corrected chi connectivity index (χ4v) is 4.85. The number of ether oxygens (including phenoxy) is 1. The van der Waals surface area contributed by atoms with Crippen LogP contribution >= 0.6 is 11.8 Å². The van der Waals surface area contributed by atoms with E-state index in [0.29, 0.717) is 5.56 Å². The van der Waals surface area contributed by atoms with Crippen molar-refractivity contribution >= 4 is 38.4 Å². The Balaban J connectivity index is 2.30. The minimum Gasteiger partial charge on any atom is -0.406 e. The van der Waals surface area contributed by atoms with Crippen LogP contribution in [0.1, 0.15) is 31.1 Å². The first-order chi connectivity index (χ1) is 14.3. The van der Waals surface area contributed by atoms with Gasteiger partial charge in [0.15, 0.2) is 10.9 Å². The van der Waals surface area contributed by atoms with Crippen LogP contribution in [0, 0.1) is 0 Å². The monoisotopic (exact) mass is 475 g/mol. The lowest BCUT2D eigenvalue weighted by Crippen LogP contribution is -2.37. The van der Waals surface area contributed by atoms with E-state index in [-0.39, 0.29) is 27.2 Å². The van der Waals surface area contributed by atoms with Gasteiger partial charge in [-0.25, -0.2) is 8.42 Å². The molecular formula is C20H20F3NO5S2. The summed E-state index contributed by atoms with van der Waals surface area (Å²) in [5.41, 5.74) is 0.605. The molecule has 0 bridgehead atoms. The second-order valence-electron chi connectivity index (χ2n) is 6.66. The van der Waals surface area contributed by atoms with Gasteiger partial charge >= 0.3 is 6.36 Å². The number of halogens is 3. The number of rotatable bonds is 8. The molecule has 0 amide bonds. The predicted molar refractivity (Wildman–Crippen MR) is 112 cm³/mol. The highest BCUT2D eigenvalue weighted by atomic mass is 32.2. The van der Waals surface area contributed by atoms with Crippen LogP contribution in [0.25, 0.3) is 0 Å². The van der Waals surface area contributed by atoms with E-state index in [4.69, 9.17) is 0 Å². The summed E-state index contributed by atoms with van der Waals surface area (Å²) in [4.78, 5) is 22.9. The molecule has 0 saturated heterocycles. The number of thioether (sulfide) groups is 1. The van der Waals surface area contributed by atoms with Crippen LogP contribution in [-0.2, 0) is 14.8 Å². The molecule has 0 unspecified atom stereocenters. The molecular weight excluding hydrogens is 455 g/mol. The van der Waals surface area contributed by atoms with Crippen molar-refractivity contribution in [2.45, 2.75) is 38.1 Å². The maximum absolute atomic E-state index is 13.1. The molecule has 0 aliphatic carbocycles. The molecule has 11 heteroatoms. The molecule has 31 heavy (non-hydrogen) atoms. The SMILES string of the molecule is CC(=O)SCC(=O)c1ccc(N(C(C)C)S(=O)(=O)c2ccc(OC(F)(F)F)cc2)cc1. The first-order valence-electron chi connectivity index (χ1n) is 8.98. The summed E-state index contributed by atoms with van der Waals surface area (Å²) in [6.45, 7) is 4.64. The van der Waals surface area contributed by atoms with Crippen LogP contribution in [-0.4, -0.2) is 37.5 Å². The Morgan fingerprint density at radius 1 is 1.03 bits per heavy atom. The van der Waals surface area contributed by atoms with Crippen LogP contribution in [0.3, 0.4) is 0 Å². The Labute approximate surface area is 182 Å². The highest BCUT2D eigenvalue weighted by Gasteiger charge is 2.32. The first kappa shape index (κ1) is 24.7. The zero-order chi connectivity index (χ0) is 23.4. The number of hydrogen-bond acceptors (Lipinski definition) is 6. The molecule has 0 aliphatic rings. The number of carbonyl (C=O) groups excluding carboxylic acids is 2. The average Bonchev–Trinajstić information content (AvgIpc) is 2.65. The second-order valence-corrected chi connectivity index (χ2v) is 9.63. The van der Waals surface area contributed by atoms with Gasteiger partial charge < -0.3 is 4.74 Å². The summed E-state index contributed by atoms with van der Waals surface area (Å²) in [5, 5.41) is -0.186. The normalized spacial score (nSPS) is 12.0. The quantitative estimate of drug-likeness (QED) is 0.517. The van der Waals surface area contributed by atoms with Crippen LogP contribution in [0.2, 0.25) is 0 Å². The predicted octanol–water partition coefficient (Wildman–Crippen LogP) is 4.65. The van der Waals surface area contributed by atoms with E-state index >= 15 is 0 Å². The van der Waals surface area contributed by atoms with E-state index in [1.807, 2.05) is 0 Å². The summed E-state index contributed by atoms with van der Waals surface area (Å²) in [6, 6.07) is 9.24. The second kappa shape index (κ2) is 9.73. The molecule has 0 aromatic heterocycles. The minimum absolute atomic E-state index is 0.0206. The Morgan fingerprint density at radius 2 is 1.58 bits per heavy atom. The van der Waals surface area contributed by atoms with Gasteiger partial charge in [-0.05, 0) is 62.4 Å². The van der Waals surface area contributed by atoms with Crippen molar-refractivity contribution in [3.8, 4) is 5.75 Å². The third kappa shape index (κ3) is 6.73. The van der Waals surface area contributed by atoms with Crippen molar-refractivity contribution in [3.05, 3.63) is 54.1 Å². The van der Waals surface area contributed by atoms with Gasteiger partial charge in [0.25, 0.3) is 10.0 Å².